The lowest BCUT2D eigenvalue weighted by atomic mass is 9.96. The third-order valence-corrected chi connectivity index (χ3v) is 4.52. The van der Waals surface area contributed by atoms with Crippen molar-refractivity contribution in [3.8, 4) is 0 Å². The minimum absolute atomic E-state index is 0.446. The first-order valence-corrected chi connectivity index (χ1v) is 7.40. The summed E-state index contributed by atoms with van der Waals surface area (Å²) in [5.41, 5.74) is 1.04. The van der Waals surface area contributed by atoms with E-state index in [0.29, 0.717) is 17.9 Å². The molecule has 0 aliphatic carbocycles. The SMILES string of the molecule is CC1CN2CCCCC2CN1C(=N)c1ccccc1. The Hall–Kier alpha value is -1.35. The molecule has 0 bridgehead atoms. The Kier molecular flexibility index (Phi) is 3.56. The molecule has 2 atom stereocenters. The maximum atomic E-state index is 8.47. The van der Waals surface area contributed by atoms with Gasteiger partial charge in [0.25, 0.3) is 0 Å². The number of fused-ring (bicyclic) bond motifs is 1. The lowest BCUT2D eigenvalue weighted by Gasteiger charge is -2.48. The molecule has 0 radical (unpaired) electrons. The first-order chi connectivity index (χ1) is 9.25. The molecule has 0 spiro atoms. The van der Waals surface area contributed by atoms with E-state index in [9.17, 15) is 0 Å². The van der Waals surface area contributed by atoms with Crippen molar-refractivity contribution in [2.75, 3.05) is 19.6 Å². The molecule has 3 heteroatoms. The van der Waals surface area contributed by atoms with Gasteiger partial charge in [0.15, 0.2) is 0 Å². The number of benzene rings is 1. The quantitative estimate of drug-likeness (QED) is 0.619. The van der Waals surface area contributed by atoms with Crippen LogP contribution >= 0.6 is 0 Å². The van der Waals surface area contributed by atoms with E-state index in [0.717, 1.165) is 18.7 Å². The van der Waals surface area contributed by atoms with E-state index in [4.69, 9.17) is 5.41 Å². The van der Waals surface area contributed by atoms with Crippen LogP contribution in [0.25, 0.3) is 0 Å². The molecule has 2 heterocycles. The van der Waals surface area contributed by atoms with Crippen molar-refractivity contribution >= 4 is 5.84 Å². The molecule has 102 valence electrons. The van der Waals surface area contributed by atoms with E-state index in [1.54, 1.807) is 0 Å². The molecule has 2 saturated heterocycles. The first kappa shape index (κ1) is 12.7. The molecule has 2 aliphatic heterocycles. The summed E-state index contributed by atoms with van der Waals surface area (Å²) in [5, 5.41) is 8.47. The largest absolute Gasteiger partial charge is 0.351 e. The zero-order chi connectivity index (χ0) is 13.2. The summed E-state index contributed by atoms with van der Waals surface area (Å²) in [4.78, 5) is 4.92. The fourth-order valence-corrected chi connectivity index (χ4v) is 3.43. The van der Waals surface area contributed by atoms with Crippen LogP contribution in [-0.4, -0.2) is 47.4 Å². The van der Waals surface area contributed by atoms with E-state index in [1.165, 1.54) is 25.8 Å². The van der Waals surface area contributed by atoms with Gasteiger partial charge in [-0.1, -0.05) is 36.8 Å². The molecule has 0 saturated carbocycles. The Labute approximate surface area is 115 Å². The second-order valence-corrected chi connectivity index (χ2v) is 5.86. The Bertz CT molecular complexity index is 443. The Morgan fingerprint density at radius 1 is 1.16 bits per heavy atom. The van der Waals surface area contributed by atoms with Crippen molar-refractivity contribution in [3.63, 3.8) is 0 Å². The highest BCUT2D eigenvalue weighted by Crippen LogP contribution is 2.25. The second kappa shape index (κ2) is 5.33. The van der Waals surface area contributed by atoms with Crippen LogP contribution in [-0.2, 0) is 0 Å². The van der Waals surface area contributed by atoms with Gasteiger partial charge in [-0.25, -0.2) is 0 Å². The average Bonchev–Trinajstić information content (AvgIpc) is 2.47. The highest BCUT2D eigenvalue weighted by atomic mass is 15.3. The lowest BCUT2D eigenvalue weighted by molar-refractivity contribution is 0.0502. The molecular weight excluding hydrogens is 234 g/mol. The zero-order valence-corrected chi connectivity index (χ0v) is 11.7. The first-order valence-electron chi connectivity index (χ1n) is 7.40. The average molecular weight is 257 g/mol. The number of nitrogens with one attached hydrogen (secondary N) is 1. The van der Waals surface area contributed by atoms with Gasteiger partial charge in [0.2, 0.25) is 0 Å². The number of piperidine rings is 1. The van der Waals surface area contributed by atoms with Gasteiger partial charge < -0.3 is 4.90 Å². The van der Waals surface area contributed by atoms with Crippen LogP contribution in [0.1, 0.15) is 31.7 Å². The monoisotopic (exact) mass is 257 g/mol. The van der Waals surface area contributed by atoms with E-state index < -0.39 is 0 Å². The Morgan fingerprint density at radius 2 is 1.95 bits per heavy atom. The molecule has 2 fully saturated rings. The number of hydrogen-bond donors (Lipinski definition) is 1. The Morgan fingerprint density at radius 3 is 2.74 bits per heavy atom. The summed E-state index contributed by atoms with van der Waals surface area (Å²) in [6, 6.07) is 11.2. The third-order valence-electron chi connectivity index (χ3n) is 4.52. The van der Waals surface area contributed by atoms with Crippen molar-refractivity contribution in [1.29, 1.82) is 5.41 Å². The molecule has 0 aromatic heterocycles. The highest BCUT2D eigenvalue weighted by Gasteiger charge is 2.34. The van der Waals surface area contributed by atoms with Crippen molar-refractivity contribution in [3.05, 3.63) is 35.9 Å². The van der Waals surface area contributed by atoms with E-state index in [2.05, 4.69) is 16.7 Å². The minimum Gasteiger partial charge on any atom is -0.351 e. The molecule has 2 aliphatic rings. The molecule has 1 aromatic rings. The molecule has 3 rings (SSSR count). The molecule has 1 N–H and O–H groups in total. The minimum atomic E-state index is 0.446. The summed E-state index contributed by atoms with van der Waals surface area (Å²) in [6.45, 7) is 5.64. The number of nitrogens with zero attached hydrogens (tertiary/aromatic N) is 2. The molecule has 1 aromatic carbocycles. The van der Waals surface area contributed by atoms with Crippen LogP contribution in [0.5, 0.6) is 0 Å². The summed E-state index contributed by atoms with van der Waals surface area (Å²) in [7, 11) is 0. The van der Waals surface area contributed by atoms with Crippen molar-refractivity contribution in [2.24, 2.45) is 0 Å². The topological polar surface area (TPSA) is 30.3 Å². The maximum Gasteiger partial charge on any atom is 0.128 e. The number of hydrogen-bond acceptors (Lipinski definition) is 2. The van der Waals surface area contributed by atoms with Crippen molar-refractivity contribution in [2.45, 2.75) is 38.3 Å². The summed E-state index contributed by atoms with van der Waals surface area (Å²) >= 11 is 0. The second-order valence-electron chi connectivity index (χ2n) is 5.86. The van der Waals surface area contributed by atoms with E-state index in [1.807, 2.05) is 30.3 Å². The number of piperazine rings is 1. The van der Waals surface area contributed by atoms with E-state index in [-0.39, 0.29) is 0 Å². The predicted molar refractivity (Wildman–Crippen MR) is 78.7 cm³/mol. The van der Waals surface area contributed by atoms with Crippen LogP contribution in [0.4, 0.5) is 0 Å². The van der Waals surface area contributed by atoms with Crippen LogP contribution in [0, 0.1) is 5.41 Å². The molecule has 0 amide bonds. The summed E-state index contributed by atoms with van der Waals surface area (Å²) in [5.74, 6) is 0.693. The Balaban J connectivity index is 1.75. The predicted octanol–water partition coefficient (Wildman–Crippen LogP) is 2.57. The van der Waals surface area contributed by atoms with Crippen LogP contribution in [0.15, 0.2) is 30.3 Å². The smallest absolute Gasteiger partial charge is 0.128 e. The summed E-state index contributed by atoms with van der Waals surface area (Å²) in [6.07, 6.45) is 3.99. The third kappa shape index (κ3) is 2.52. The number of amidine groups is 1. The normalized spacial score (nSPS) is 27.9. The molecule has 3 nitrogen and oxygen atoms in total. The number of rotatable bonds is 1. The highest BCUT2D eigenvalue weighted by molar-refractivity contribution is 5.96. The fraction of sp³-hybridized carbons (Fsp3) is 0.562. The summed E-state index contributed by atoms with van der Waals surface area (Å²) < 4.78 is 0. The van der Waals surface area contributed by atoms with Gasteiger partial charge in [-0.2, -0.15) is 0 Å². The molecule has 2 unspecified atom stereocenters. The van der Waals surface area contributed by atoms with Gasteiger partial charge in [-0.3, -0.25) is 10.3 Å². The van der Waals surface area contributed by atoms with Gasteiger partial charge >= 0.3 is 0 Å². The standard InChI is InChI=1S/C16H23N3/c1-13-11-18-10-6-5-9-15(18)12-19(13)16(17)14-7-3-2-4-8-14/h2-4,7-8,13,15,17H,5-6,9-12H2,1H3. The van der Waals surface area contributed by atoms with Crippen molar-refractivity contribution < 1.29 is 0 Å². The van der Waals surface area contributed by atoms with Gasteiger partial charge in [-0.15, -0.1) is 0 Å². The fourth-order valence-electron chi connectivity index (χ4n) is 3.43. The van der Waals surface area contributed by atoms with Gasteiger partial charge in [0, 0.05) is 30.7 Å². The van der Waals surface area contributed by atoms with Crippen LogP contribution in [0.3, 0.4) is 0 Å². The van der Waals surface area contributed by atoms with Gasteiger partial charge in [-0.05, 0) is 26.3 Å². The van der Waals surface area contributed by atoms with E-state index >= 15 is 0 Å². The van der Waals surface area contributed by atoms with Gasteiger partial charge in [0.05, 0.1) is 0 Å². The van der Waals surface area contributed by atoms with Gasteiger partial charge in [0.1, 0.15) is 5.84 Å². The lowest BCUT2D eigenvalue weighted by Crippen LogP contribution is -2.60. The van der Waals surface area contributed by atoms with Crippen LogP contribution < -0.4 is 0 Å². The molecular formula is C16H23N3. The maximum absolute atomic E-state index is 8.47. The molecule has 19 heavy (non-hydrogen) atoms. The van der Waals surface area contributed by atoms with Crippen LogP contribution in [0.2, 0.25) is 0 Å². The van der Waals surface area contributed by atoms with Crippen molar-refractivity contribution in [1.82, 2.24) is 9.80 Å². The zero-order valence-electron chi connectivity index (χ0n) is 11.7.